The van der Waals surface area contributed by atoms with Crippen molar-refractivity contribution in [1.82, 2.24) is 0 Å². The largest absolute Gasteiger partial charge is 0.195 e. The van der Waals surface area contributed by atoms with Crippen molar-refractivity contribution >= 4 is 23.1 Å². The minimum atomic E-state index is 0.890. The fourth-order valence-electron chi connectivity index (χ4n) is 2.25. The van der Waals surface area contributed by atoms with Crippen LogP contribution in [0, 0.1) is 0 Å². The SMILES string of the molecule is S=C=Nc1ccc2c(c1)Cc1ccccc1-2. The number of nitrogens with zero attached hydrogens (tertiary/aromatic N) is 1. The van der Waals surface area contributed by atoms with Gasteiger partial charge in [0, 0.05) is 0 Å². The number of fused-ring (bicyclic) bond motifs is 3. The molecule has 0 radical (unpaired) electrons. The molecule has 0 atom stereocenters. The zero-order chi connectivity index (χ0) is 11.0. The smallest absolute Gasteiger partial charge is 0.0742 e. The molecular weight excluding hydrogens is 214 g/mol. The predicted octanol–water partition coefficient (Wildman–Crippen LogP) is 3.99. The van der Waals surface area contributed by atoms with E-state index in [2.05, 4.69) is 58.8 Å². The van der Waals surface area contributed by atoms with E-state index in [0.717, 1.165) is 12.1 Å². The Labute approximate surface area is 99.5 Å². The summed E-state index contributed by atoms with van der Waals surface area (Å²) in [5, 5.41) is 2.40. The van der Waals surface area contributed by atoms with Crippen LogP contribution >= 0.6 is 12.2 Å². The quantitative estimate of drug-likeness (QED) is 0.449. The van der Waals surface area contributed by atoms with Gasteiger partial charge in [0.05, 0.1) is 10.8 Å². The second-order valence-electron chi connectivity index (χ2n) is 3.88. The molecule has 2 aromatic carbocycles. The summed E-state index contributed by atoms with van der Waals surface area (Å²) in [7, 11) is 0. The Morgan fingerprint density at radius 2 is 1.81 bits per heavy atom. The number of thiocarbonyl (C=S) groups is 1. The Balaban J connectivity index is 2.17. The number of isothiocyanates is 1. The van der Waals surface area contributed by atoms with Crippen molar-refractivity contribution < 1.29 is 0 Å². The van der Waals surface area contributed by atoms with Crippen molar-refractivity contribution in [1.29, 1.82) is 0 Å². The number of hydrogen-bond donors (Lipinski definition) is 0. The van der Waals surface area contributed by atoms with Crippen molar-refractivity contribution in [3.8, 4) is 11.1 Å². The molecule has 2 aromatic rings. The first-order valence-electron chi connectivity index (χ1n) is 5.17. The summed E-state index contributed by atoms with van der Waals surface area (Å²) in [6, 6.07) is 14.7. The van der Waals surface area contributed by atoms with E-state index < -0.39 is 0 Å². The minimum absolute atomic E-state index is 0.890. The van der Waals surface area contributed by atoms with Crippen LogP contribution in [0.3, 0.4) is 0 Å². The van der Waals surface area contributed by atoms with Gasteiger partial charge in [-0.15, -0.1) is 0 Å². The second kappa shape index (κ2) is 3.67. The van der Waals surface area contributed by atoms with Crippen molar-refractivity contribution in [2.45, 2.75) is 6.42 Å². The van der Waals surface area contributed by atoms with Crippen LogP contribution in [0.2, 0.25) is 0 Å². The van der Waals surface area contributed by atoms with Gasteiger partial charge in [-0.1, -0.05) is 30.3 Å². The molecule has 1 aliphatic carbocycles. The third-order valence-electron chi connectivity index (χ3n) is 2.95. The molecule has 0 fully saturated rings. The molecule has 0 amide bonds. The first kappa shape index (κ1) is 9.46. The molecule has 0 saturated carbocycles. The number of hydrogen-bond acceptors (Lipinski definition) is 2. The third kappa shape index (κ3) is 1.40. The molecule has 0 heterocycles. The Hall–Kier alpha value is -1.76. The number of aliphatic imine (C=N–C) groups is 1. The molecule has 2 heteroatoms. The highest BCUT2D eigenvalue weighted by Crippen LogP contribution is 2.37. The molecule has 1 nitrogen and oxygen atoms in total. The van der Waals surface area contributed by atoms with Crippen LogP contribution in [0.1, 0.15) is 11.1 Å². The number of benzene rings is 2. The fourth-order valence-corrected chi connectivity index (χ4v) is 2.36. The molecule has 0 bridgehead atoms. The summed E-state index contributed by atoms with van der Waals surface area (Å²) in [4.78, 5) is 4.01. The maximum absolute atomic E-state index is 4.61. The Kier molecular flexibility index (Phi) is 2.17. The standard InChI is InChI=1S/C14H9NS/c16-9-15-12-5-6-14-11(8-12)7-10-3-1-2-4-13(10)14/h1-6,8H,7H2. The molecule has 0 N–H and O–H groups in total. The lowest BCUT2D eigenvalue weighted by Gasteiger charge is -2.00. The van der Waals surface area contributed by atoms with E-state index in [1.54, 1.807) is 0 Å². The summed E-state index contributed by atoms with van der Waals surface area (Å²) < 4.78 is 0. The van der Waals surface area contributed by atoms with Crippen LogP contribution in [0.15, 0.2) is 47.5 Å². The summed E-state index contributed by atoms with van der Waals surface area (Å²) in [6.45, 7) is 0. The van der Waals surface area contributed by atoms with Gasteiger partial charge in [0.25, 0.3) is 0 Å². The highest BCUT2D eigenvalue weighted by molar-refractivity contribution is 7.78. The topological polar surface area (TPSA) is 12.4 Å². The molecule has 0 aliphatic heterocycles. The van der Waals surface area contributed by atoms with Crippen LogP contribution < -0.4 is 0 Å². The van der Waals surface area contributed by atoms with Gasteiger partial charge in [-0.25, -0.2) is 0 Å². The maximum atomic E-state index is 4.61. The van der Waals surface area contributed by atoms with Gasteiger partial charge in [0.2, 0.25) is 0 Å². The molecule has 0 aromatic heterocycles. The summed E-state index contributed by atoms with van der Waals surface area (Å²) in [6.07, 6.45) is 0.992. The van der Waals surface area contributed by atoms with Gasteiger partial charge in [-0.05, 0) is 53.0 Å². The molecule has 76 valence electrons. The van der Waals surface area contributed by atoms with Gasteiger partial charge in [0.1, 0.15) is 0 Å². The highest BCUT2D eigenvalue weighted by atomic mass is 32.1. The van der Waals surface area contributed by atoms with E-state index in [9.17, 15) is 0 Å². The predicted molar refractivity (Wildman–Crippen MR) is 69.4 cm³/mol. The zero-order valence-electron chi connectivity index (χ0n) is 8.60. The molecule has 0 spiro atoms. The molecule has 16 heavy (non-hydrogen) atoms. The lowest BCUT2D eigenvalue weighted by Crippen LogP contribution is -1.78. The van der Waals surface area contributed by atoms with Crippen LogP contribution in [0.25, 0.3) is 11.1 Å². The Morgan fingerprint density at radius 1 is 1.00 bits per heavy atom. The van der Waals surface area contributed by atoms with Gasteiger partial charge >= 0.3 is 0 Å². The van der Waals surface area contributed by atoms with E-state index in [1.807, 2.05) is 6.07 Å². The summed E-state index contributed by atoms with van der Waals surface area (Å²) in [5.74, 6) is 0. The zero-order valence-corrected chi connectivity index (χ0v) is 9.42. The van der Waals surface area contributed by atoms with Crippen molar-refractivity contribution in [3.63, 3.8) is 0 Å². The van der Waals surface area contributed by atoms with E-state index in [0.29, 0.717) is 0 Å². The Morgan fingerprint density at radius 3 is 2.69 bits per heavy atom. The molecule has 0 saturated heterocycles. The molecule has 0 unspecified atom stereocenters. The first-order chi connectivity index (χ1) is 7.88. The van der Waals surface area contributed by atoms with Crippen molar-refractivity contribution in [3.05, 3.63) is 53.6 Å². The van der Waals surface area contributed by atoms with Crippen molar-refractivity contribution in [2.75, 3.05) is 0 Å². The normalized spacial score (nSPS) is 11.5. The van der Waals surface area contributed by atoms with E-state index >= 15 is 0 Å². The van der Waals surface area contributed by atoms with E-state index in [1.165, 1.54) is 22.3 Å². The molecule has 1 aliphatic rings. The van der Waals surface area contributed by atoms with E-state index in [-0.39, 0.29) is 0 Å². The van der Waals surface area contributed by atoms with Crippen LogP contribution in [-0.4, -0.2) is 5.16 Å². The van der Waals surface area contributed by atoms with Gasteiger partial charge < -0.3 is 0 Å². The Bertz CT molecular complexity index is 610. The van der Waals surface area contributed by atoms with Crippen LogP contribution in [0.4, 0.5) is 5.69 Å². The maximum Gasteiger partial charge on any atom is 0.0742 e. The monoisotopic (exact) mass is 223 g/mol. The highest BCUT2D eigenvalue weighted by Gasteiger charge is 2.17. The molecule has 3 rings (SSSR count). The molecular formula is C14H9NS. The van der Waals surface area contributed by atoms with Crippen LogP contribution in [0.5, 0.6) is 0 Å². The lowest BCUT2D eigenvalue weighted by atomic mass is 10.1. The third-order valence-corrected chi connectivity index (χ3v) is 3.04. The van der Waals surface area contributed by atoms with Gasteiger partial charge in [-0.2, -0.15) is 4.99 Å². The van der Waals surface area contributed by atoms with Gasteiger partial charge in [0.15, 0.2) is 0 Å². The van der Waals surface area contributed by atoms with Crippen molar-refractivity contribution in [2.24, 2.45) is 4.99 Å². The average Bonchev–Trinajstić information content (AvgIpc) is 2.67. The second-order valence-corrected chi connectivity index (χ2v) is 4.06. The number of rotatable bonds is 1. The summed E-state index contributed by atoms with van der Waals surface area (Å²) >= 11 is 4.61. The lowest BCUT2D eigenvalue weighted by molar-refractivity contribution is 1.26. The minimum Gasteiger partial charge on any atom is -0.195 e. The van der Waals surface area contributed by atoms with E-state index in [4.69, 9.17) is 0 Å². The van der Waals surface area contributed by atoms with Crippen LogP contribution in [-0.2, 0) is 6.42 Å². The summed E-state index contributed by atoms with van der Waals surface area (Å²) in [5.41, 5.74) is 6.27. The fraction of sp³-hybridized carbons (Fsp3) is 0.0714. The van der Waals surface area contributed by atoms with Gasteiger partial charge in [-0.3, -0.25) is 0 Å². The average molecular weight is 223 g/mol. The first-order valence-corrected chi connectivity index (χ1v) is 5.58.